The van der Waals surface area contributed by atoms with Gasteiger partial charge in [-0.05, 0) is 31.2 Å². The van der Waals surface area contributed by atoms with Gasteiger partial charge in [-0.3, -0.25) is 14.5 Å². The van der Waals surface area contributed by atoms with E-state index in [1.807, 2.05) is 37.3 Å². The van der Waals surface area contributed by atoms with E-state index >= 15 is 0 Å². The maximum Gasteiger partial charge on any atom is 0.324 e. The van der Waals surface area contributed by atoms with E-state index in [1.165, 1.54) is 0 Å². The first-order valence-electron chi connectivity index (χ1n) is 7.14. The standard InChI is InChI=1S/C16H21NO4/c1-11-8-9-13(14(18)19)17(16(11,2)15(20)21)10-12-6-4-3-5-7-12/h3-7,11,13H,8-10H2,1-2H3,(H,18,19)(H,20,21). The largest absolute Gasteiger partial charge is 0.480 e. The van der Waals surface area contributed by atoms with Gasteiger partial charge in [-0.15, -0.1) is 0 Å². The minimum atomic E-state index is -1.17. The topological polar surface area (TPSA) is 77.8 Å². The molecule has 0 saturated carbocycles. The normalized spacial score (nSPS) is 30.0. The monoisotopic (exact) mass is 291 g/mol. The second-order valence-electron chi connectivity index (χ2n) is 5.90. The molecule has 0 spiro atoms. The summed E-state index contributed by atoms with van der Waals surface area (Å²) in [5, 5.41) is 19.1. The Kier molecular flexibility index (Phi) is 4.32. The van der Waals surface area contributed by atoms with Gasteiger partial charge in [-0.25, -0.2) is 0 Å². The summed E-state index contributed by atoms with van der Waals surface area (Å²) >= 11 is 0. The van der Waals surface area contributed by atoms with Crippen LogP contribution in [0.15, 0.2) is 30.3 Å². The number of benzene rings is 1. The molecule has 1 aromatic rings. The molecule has 0 amide bonds. The van der Waals surface area contributed by atoms with Gasteiger partial charge >= 0.3 is 11.9 Å². The maximum absolute atomic E-state index is 11.8. The molecule has 3 atom stereocenters. The molecule has 1 aromatic carbocycles. The second kappa shape index (κ2) is 5.85. The van der Waals surface area contributed by atoms with Crippen molar-refractivity contribution in [3.63, 3.8) is 0 Å². The number of carboxylic acid groups (broad SMARTS) is 2. The fourth-order valence-electron chi connectivity index (χ4n) is 3.10. The highest BCUT2D eigenvalue weighted by atomic mass is 16.4. The Labute approximate surface area is 124 Å². The van der Waals surface area contributed by atoms with Crippen molar-refractivity contribution in [2.75, 3.05) is 0 Å². The number of carbonyl (C=O) groups is 2. The molecule has 1 aliphatic rings. The van der Waals surface area contributed by atoms with Gasteiger partial charge in [0.2, 0.25) is 0 Å². The van der Waals surface area contributed by atoms with Gasteiger partial charge in [0, 0.05) is 6.54 Å². The Morgan fingerprint density at radius 1 is 1.24 bits per heavy atom. The molecule has 0 bridgehead atoms. The number of piperidine rings is 1. The minimum Gasteiger partial charge on any atom is -0.480 e. The Hall–Kier alpha value is -1.88. The molecule has 0 radical (unpaired) electrons. The molecule has 1 aliphatic heterocycles. The first-order chi connectivity index (χ1) is 9.87. The Morgan fingerprint density at radius 2 is 1.86 bits per heavy atom. The van der Waals surface area contributed by atoms with Gasteiger partial charge in [0.1, 0.15) is 11.6 Å². The lowest BCUT2D eigenvalue weighted by atomic mass is 9.76. The van der Waals surface area contributed by atoms with Crippen LogP contribution in [-0.4, -0.2) is 38.6 Å². The second-order valence-corrected chi connectivity index (χ2v) is 5.90. The number of rotatable bonds is 4. The molecule has 21 heavy (non-hydrogen) atoms. The first-order valence-corrected chi connectivity index (χ1v) is 7.14. The van der Waals surface area contributed by atoms with Crippen molar-refractivity contribution in [3.05, 3.63) is 35.9 Å². The van der Waals surface area contributed by atoms with Crippen LogP contribution in [0, 0.1) is 5.92 Å². The summed E-state index contributed by atoms with van der Waals surface area (Å²) < 4.78 is 0. The number of aliphatic carboxylic acids is 2. The Balaban J connectivity index is 2.40. The summed E-state index contributed by atoms with van der Waals surface area (Å²) in [7, 11) is 0. The molecular formula is C16H21NO4. The minimum absolute atomic E-state index is 0.102. The quantitative estimate of drug-likeness (QED) is 0.889. The average Bonchev–Trinajstić information content (AvgIpc) is 2.44. The fourth-order valence-corrected chi connectivity index (χ4v) is 3.10. The highest BCUT2D eigenvalue weighted by Gasteiger charge is 2.51. The van der Waals surface area contributed by atoms with Gasteiger partial charge in [0.05, 0.1) is 0 Å². The van der Waals surface area contributed by atoms with Crippen molar-refractivity contribution in [2.24, 2.45) is 5.92 Å². The zero-order chi connectivity index (χ0) is 15.6. The smallest absolute Gasteiger partial charge is 0.324 e. The molecule has 1 saturated heterocycles. The van der Waals surface area contributed by atoms with Crippen LogP contribution in [-0.2, 0) is 16.1 Å². The van der Waals surface area contributed by atoms with Crippen LogP contribution in [0.25, 0.3) is 0 Å². The van der Waals surface area contributed by atoms with Crippen molar-refractivity contribution in [1.29, 1.82) is 0 Å². The van der Waals surface area contributed by atoms with E-state index < -0.39 is 23.5 Å². The van der Waals surface area contributed by atoms with E-state index in [1.54, 1.807) is 11.8 Å². The lowest BCUT2D eigenvalue weighted by molar-refractivity contribution is -0.168. The Bertz CT molecular complexity index is 530. The summed E-state index contributed by atoms with van der Waals surface area (Å²) in [5.74, 6) is -2.02. The van der Waals surface area contributed by atoms with Gasteiger partial charge in [-0.2, -0.15) is 0 Å². The van der Waals surface area contributed by atoms with Gasteiger partial charge in [0.25, 0.3) is 0 Å². The van der Waals surface area contributed by atoms with Crippen LogP contribution in [0.5, 0.6) is 0 Å². The molecule has 2 N–H and O–H groups in total. The van der Waals surface area contributed by atoms with E-state index in [0.29, 0.717) is 19.4 Å². The Morgan fingerprint density at radius 3 is 2.38 bits per heavy atom. The molecule has 2 rings (SSSR count). The summed E-state index contributed by atoms with van der Waals surface area (Å²) in [6.07, 6.45) is 1.08. The van der Waals surface area contributed by atoms with Gasteiger partial charge in [0.15, 0.2) is 0 Å². The van der Waals surface area contributed by atoms with Crippen LogP contribution in [0.3, 0.4) is 0 Å². The summed E-state index contributed by atoms with van der Waals surface area (Å²) in [6, 6.07) is 8.64. The summed E-state index contributed by atoms with van der Waals surface area (Å²) in [6.45, 7) is 3.84. The number of hydrogen-bond donors (Lipinski definition) is 2. The SMILES string of the molecule is CC1CCC(C(=O)O)N(Cc2ccccc2)C1(C)C(=O)O. The molecule has 5 heteroatoms. The summed E-state index contributed by atoms with van der Waals surface area (Å²) in [5.41, 5.74) is -0.248. The molecule has 3 unspecified atom stereocenters. The molecule has 0 aliphatic carbocycles. The van der Waals surface area contributed by atoms with Crippen molar-refractivity contribution in [1.82, 2.24) is 4.90 Å². The molecule has 114 valence electrons. The first kappa shape index (κ1) is 15.5. The van der Waals surface area contributed by atoms with Gasteiger partial charge < -0.3 is 10.2 Å². The van der Waals surface area contributed by atoms with Crippen molar-refractivity contribution < 1.29 is 19.8 Å². The van der Waals surface area contributed by atoms with Crippen molar-refractivity contribution in [3.8, 4) is 0 Å². The number of hydrogen-bond acceptors (Lipinski definition) is 3. The van der Waals surface area contributed by atoms with E-state index in [0.717, 1.165) is 5.56 Å². The lowest BCUT2D eigenvalue weighted by Gasteiger charge is -2.49. The third-order valence-electron chi connectivity index (χ3n) is 4.72. The predicted molar refractivity (Wildman–Crippen MR) is 77.8 cm³/mol. The van der Waals surface area contributed by atoms with E-state index in [-0.39, 0.29) is 5.92 Å². The molecule has 5 nitrogen and oxygen atoms in total. The third-order valence-corrected chi connectivity index (χ3v) is 4.72. The van der Waals surface area contributed by atoms with Crippen molar-refractivity contribution >= 4 is 11.9 Å². The highest BCUT2D eigenvalue weighted by Crippen LogP contribution is 2.38. The van der Waals surface area contributed by atoms with E-state index in [2.05, 4.69) is 0 Å². The zero-order valence-corrected chi connectivity index (χ0v) is 12.3. The lowest BCUT2D eigenvalue weighted by Crippen LogP contribution is -2.64. The van der Waals surface area contributed by atoms with Crippen molar-refractivity contribution in [2.45, 2.75) is 44.8 Å². The van der Waals surface area contributed by atoms with Crippen LogP contribution in [0.2, 0.25) is 0 Å². The van der Waals surface area contributed by atoms with E-state index in [9.17, 15) is 19.8 Å². The zero-order valence-electron chi connectivity index (χ0n) is 12.3. The number of likely N-dealkylation sites (tertiary alicyclic amines) is 1. The third kappa shape index (κ3) is 2.78. The van der Waals surface area contributed by atoms with Crippen LogP contribution >= 0.6 is 0 Å². The summed E-state index contributed by atoms with van der Waals surface area (Å²) in [4.78, 5) is 25.0. The van der Waals surface area contributed by atoms with E-state index in [4.69, 9.17) is 0 Å². The fraction of sp³-hybridized carbons (Fsp3) is 0.500. The maximum atomic E-state index is 11.8. The predicted octanol–water partition coefficient (Wildman–Crippen LogP) is 2.21. The van der Waals surface area contributed by atoms with Crippen LogP contribution in [0.4, 0.5) is 0 Å². The molecule has 0 aromatic heterocycles. The average molecular weight is 291 g/mol. The molecule has 1 heterocycles. The van der Waals surface area contributed by atoms with Crippen LogP contribution < -0.4 is 0 Å². The van der Waals surface area contributed by atoms with Crippen LogP contribution in [0.1, 0.15) is 32.3 Å². The molecule has 1 fully saturated rings. The number of carboxylic acids is 2. The number of nitrogens with zero attached hydrogens (tertiary/aromatic N) is 1. The highest BCUT2D eigenvalue weighted by molar-refractivity contribution is 5.81. The molecular weight excluding hydrogens is 270 g/mol. The van der Waals surface area contributed by atoms with Gasteiger partial charge in [-0.1, -0.05) is 37.3 Å².